The van der Waals surface area contributed by atoms with Crippen LogP contribution in [0.4, 0.5) is 0 Å². The van der Waals surface area contributed by atoms with Gasteiger partial charge in [-0.25, -0.2) is 9.98 Å². The zero-order valence-electron chi connectivity index (χ0n) is 13.9. The van der Waals surface area contributed by atoms with Gasteiger partial charge in [0.05, 0.1) is 19.8 Å². The minimum atomic E-state index is 0.574. The van der Waals surface area contributed by atoms with E-state index in [1.165, 1.54) is 0 Å². The zero-order chi connectivity index (χ0) is 16.0. The molecule has 0 aromatic carbocycles. The van der Waals surface area contributed by atoms with E-state index in [4.69, 9.17) is 9.47 Å². The zero-order valence-corrected chi connectivity index (χ0v) is 13.9. The van der Waals surface area contributed by atoms with Crippen LogP contribution in [0.15, 0.2) is 23.3 Å². The standard InChI is InChI=1S/C16H28N4O2/c1-4-10-22-15-8-7-14(12-19-15)13-20-16(17-5-2)18-9-11-21-6-3/h7-8,12H,4-6,9-11,13H2,1-3H3,(H2,17,18,20). The maximum atomic E-state index is 5.46. The summed E-state index contributed by atoms with van der Waals surface area (Å²) in [4.78, 5) is 8.81. The van der Waals surface area contributed by atoms with E-state index in [-0.39, 0.29) is 0 Å². The summed E-state index contributed by atoms with van der Waals surface area (Å²) in [5, 5.41) is 6.44. The summed E-state index contributed by atoms with van der Waals surface area (Å²) in [6, 6.07) is 3.88. The van der Waals surface area contributed by atoms with E-state index < -0.39 is 0 Å². The Labute approximate surface area is 133 Å². The molecule has 0 aliphatic carbocycles. The van der Waals surface area contributed by atoms with Gasteiger partial charge in [0.2, 0.25) is 5.88 Å². The molecule has 2 N–H and O–H groups in total. The molecule has 0 saturated carbocycles. The highest BCUT2D eigenvalue weighted by Crippen LogP contribution is 2.08. The monoisotopic (exact) mass is 308 g/mol. The number of pyridine rings is 1. The Morgan fingerprint density at radius 3 is 2.68 bits per heavy atom. The number of hydrogen-bond acceptors (Lipinski definition) is 4. The molecule has 0 saturated heterocycles. The van der Waals surface area contributed by atoms with Gasteiger partial charge in [0.25, 0.3) is 0 Å². The number of rotatable bonds is 10. The van der Waals surface area contributed by atoms with Crippen LogP contribution in [0.2, 0.25) is 0 Å². The van der Waals surface area contributed by atoms with Crippen molar-refractivity contribution in [3.8, 4) is 5.88 Å². The lowest BCUT2D eigenvalue weighted by atomic mass is 10.3. The lowest BCUT2D eigenvalue weighted by Gasteiger charge is -2.11. The third kappa shape index (κ3) is 7.83. The Balaban J connectivity index is 2.46. The Morgan fingerprint density at radius 1 is 1.18 bits per heavy atom. The molecule has 0 atom stereocenters. The first-order chi connectivity index (χ1) is 10.8. The van der Waals surface area contributed by atoms with E-state index in [9.17, 15) is 0 Å². The Kier molecular flexibility index (Phi) is 9.78. The quantitative estimate of drug-likeness (QED) is 0.393. The highest BCUT2D eigenvalue weighted by atomic mass is 16.5. The van der Waals surface area contributed by atoms with Gasteiger partial charge in [-0.2, -0.15) is 0 Å². The van der Waals surface area contributed by atoms with Crippen molar-refractivity contribution >= 4 is 5.96 Å². The molecular formula is C16H28N4O2. The fourth-order valence-electron chi connectivity index (χ4n) is 1.69. The third-order valence-electron chi connectivity index (χ3n) is 2.76. The van der Waals surface area contributed by atoms with Crippen LogP contribution >= 0.6 is 0 Å². The molecule has 0 radical (unpaired) electrons. The van der Waals surface area contributed by atoms with Gasteiger partial charge in [0.1, 0.15) is 0 Å². The molecule has 1 aromatic heterocycles. The maximum absolute atomic E-state index is 5.46. The predicted molar refractivity (Wildman–Crippen MR) is 89.3 cm³/mol. The van der Waals surface area contributed by atoms with Gasteiger partial charge in [-0.3, -0.25) is 0 Å². The molecule has 0 fully saturated rings. The van der Waals surface area contributed by atoms with Crippen molar-refractivity contribution in [2.45, 2.75) is 33.7 Å². The molecular weight excluding hydrogens is 280 g/mol. The molecule has 6 heteroatoms. The van der Waals surface area contributed by atoms with Crippen molar-refractivity contribution < 1.29 is 9.47 Å². The summed E-state index contributed by atoms with van der Waals surface area (Å²) in [6.07, 6.45) is 2.78. The molecule has 0 aliphatic heterocycles. The summed E-state index contributed by atoms with van der Waals surface area (Å²) in [5.41, 5.74) is 1.05. The van der Waals surface area contributed by atoms with Gasteiger partial charge >= 0.3 is 0 Å². The van der Waals surface area contributed by atoms with E-state index in [1.54, 1.807) is 6.20 Å². The molecule has 0 unspecified atom stereocenters. The van der Waals surface area contributed by atoms with Crippen molar-refractivity contribution in [3.63, 3.8) is 0 Å². The Hall–Kier alpha value is -1.82. The highest BCUT2D eigenvalue weighted by Gasteiger charge is 1.99. The average Bonchev–Trinajstić information content (AvgIpc) is 2.55. The fraction of sp³-hybridized carbons (Fsp3) is 0.625. The third-order valence-corrected chi connectivity index (χ3v) is 2.76. The lowest BCUT2D eigenvalue weighted by Crippen LogP contribution is -2.39. The first-order valence-electron chi connectivity index (χ1n) is 7.97. The van der Waals surface area contributed by atoms with Gasteiger partial charge in [0.15, 0.2) is 5.96 Å². The van der Waals surface area contributed by atoms with Crippen LogP contribution in [0.5, 0.6) is 5.88 Å². The minimum absolute atomic E-state index is 0.574. The predicted octanol–water partition coefficient (Wildman–Crippen LogP) is 1.96. The van der Waals surface area contributed by atoms with Crippen LogP contribution < -0.4 is 15.4 Å². The van der Waals surface area contributed by atoms with E-state index >= 15 is 0 Å². The molecule has 0 amide bonds. The fourth-order valence-corrected chi connectivity index (χ4v) is 1.69. The van der Waals surface area contributed by atoms with Gasteiger partial charge in [-0.15, -0.1) is 0 Å². The second kappa shape index (κ2) is 11.8. The molecule has 6 nitrogen and oxygen atoms in total. The van der Waals surface area contributed by atoms with Crippen molar-refractivity contribution in [1.82, 2.24) is 15.6 Å². The van der Waals surface area contributed by atoms with Gasteiger partial charge in [-0.05, 0) is 25.8 Å². The maximum Gasteiger partial charge on any atom is 0.213 e. The van der Waals surface area contributed by atoms with Crippen LogP contribution in [-0.4, -0.2) is 43.9 Å². The highest BCUT2D eigenvalue weighted by molar-refractivity contribution is 5.79. The number of aromatic nitrogens is 1. The largest absolute Gasteiger partial charge is 0.478 e. The van der Waals surface area contributed by atoms with Crippen molar-refractivity contribution in [2.24, 2.45) is 4.99 Å². The molecule has 0 spiro atoms. The smallest absolute Gasteiger partial charge is 0.213 e. The van der Waals surface area contributed by atoms with Crippen molar-refractivity contribution in [2.75, 3.05) is 32.9 Å². The molecule has 0 bridgehead atoms. The molecule has 1 heterocycles. The molecule has 124 valence electrons. The number of guanidine groups is 1. The van der Waals surface area contributed by atoms with Gasteiger partial charge in [-0.1, -0.05) is 13.0 Å². The Morgan fingerprint density at radius 2 is 2.05 bits per heavy atom. The normalized spacial score (nSPS) is 11.3. The van der Waals surface area contributed by atoms with E-state index in [0.717, 1.165) is 37.6 Å². The lowest BCUT2D eigenvalue weighted by molar-refractivity contribution is 0.152. The first-order valence-corrected chi connectivity index (χ1v) is 7.97. The SMILES string of the molecule is CCCOc1ccc(CN=C(NCC)NCCOCC)cn1. The topological polar surface area (TPSA) is 67.8 Å². The van der Waals surface area contributed by atoms with E-state index in [2.05, 4.69) is 27.5 Å². The second-order valence-corrected chi connectivity index (χ2v) is 4.67. The number of ether oxygens (including phenoxy) is 2. The van der Waals surface area contributed by atoms with Crippen molar-refractivity contribution in [3.05, 3.63) is 23.9 Å². The molecule has 0 aliphatic rings. The van der Waals surface area contributed by atoms with E-state index in [1.807, 2.05) is 26.0 Å². The number of hydrogen-bond donors (Lipinski definition) is 2. The van der Waals surface area contributed by atoms with Gasteiger partial charge < -0.3 is 20.1 Å². The minimum Gasteiger partial charge on any atom is -0.478 e. The van der Waals surface area contributed by atoms with Crippen LogP contribution in [0.1, 0.15) is 32.8 Å². The van der Waals surface area contributed by atoms with E-state index in [0.29, 0.717) is 25.6 Å². The number of nitrogens with zero attached hydrogens (tertiary/aromatic N) is 2. The number of nitrogens with one attached hydrogen (secondary N) is 2. The molecule has 1 aromatic rings. The summed E-state index contributed by atoms with van der Waals surface area (Å²) in [7, 11) is 0. The summed E-state index contributed by atoms with van der Waals surface area (Å²) < 4.78 is 10.8. The Bertz CT molecular complexity index is 421. The molecule has 22 heavy (non-hydrogen) atoms. The van der Waals surface area contributed by atoms with Crippen LogP contribution in [0.3, 0.4) is 0 Å². The van der Waals surface area contributed by atoms with Crippen LogP contribution in [0, 0.1) is 0 Å². The average molecular weight is 308 g/mol. The van der Waals surface area contributed by atoms with Gasteiger partial charge in [0, 0.05) is 32.0 Å². The summed E-state index contributed by atoms with van der Waals surface area (Å²) >= 11 is 0. The van der Waals surface area contributed by atoms with Crippen LogP contribution in [0.25, 0.3) is 0 Å². The summed E-state index contributed by atoms with van der Waals surface area (Å²) in [5.74, 6) is 1.45. The second-order valence-electron chi connectivity index (χ2n) is 4.67. The summed E-state index contributed by atoms with van der Waals surface area (Å²) in [6.45, 7) is 10.3. The molecule has 1 rings (SSSR count). The number of aliphatic imine (C=N–C) groups is 1. The van der Waals surface area contributed by atoms with Crippen LogP contribution in [-0.2, 0) is 11.3 Å². The van der Waals surface area contributed by atoms with Crippen molar-refractivity contribution in [1.29, 1.82) is 0 Å². The first kappa shape index (κ1) is 18.2.